The summed E-state index contributed by atoms with van der Waals surface area (Å²) in [6.07, 6.45) is 9.23. The van der Waals surface area contributed by atoms with Gasteiger partial charge in [0.15, 0.2) is 0 Å². The van der Waals surface area contributed by atoms with Gasteiger partial charge in [-0.3, -0.25) is 0 Å². The number of aliphatic hydroxyl groups is 1. The Bertz CT molecular complexity index is 412. The van der Waals surface area contributed by atoms with Gasteiger partial charge in [0.2, 0.25) is 0 Å². The molecule has 1 atom stereocenters. The number of rotatable bonds is 3. The lowest BCUT2D eigenvalue weighted by molar-refractivity contribution is 0.208. The minimum Gasteiger partial charge on any atom is -0.384 e. The Morgan fingerprint density at radius 2 is 1.82 bits per heavy atom. The van der Waals surface area contributed by atoms with Gasteiger partial charge in [0, 0.05) is 0 Å². The van der Waals surface area contributed by atoms with Crippen molar-refractivity contribution in [3.05, 3.63) is 47.0 Å². The molecule has 90 valence electrons. The van der Waals surface area contributed by atoms with Crippen molar-refractivity contribution in [1.82, 2.24) is 0 Å². The van der Waals surface area contributed by atoms with Crippen molar-refractivity contribution < 1.29 is 5.11 Å². The van der Waals surface area contributed by atoms with Gasteiger partial charge in [0.1, 0.15) is 6.10 Å². The van der Waals surface area contributed by atoms with E-state index in [4.69, 9.17) is 0 Å². The Labute approximate surface area is 103 Å². The average Bonchev–Trinajstić information content (AvgIpc) is 3.24. The van der Waals surface area contributed by atoms with Crippen LogP contribution in [-0.2, 0) is 0 Å². The highest BCUT2D eigenvalue weighted by Crippen LogP contribution is 2.40. The predicted octanol–water partition coefficient (Wildman–Crippen LogP) is 4.10. The van der Waals surface area contributed by atoms with Gasteiger partial charge in [0.05, 0.1) is 0 Å². The molecule has 0 saturated heterocycles. The first kappa shape index (κ1) is 11.0. The van der Waals surface area contributed by atoms with Crippen LogP contribution in [0.1, 0.15) is 61.7 Å². The molecule has 0 radical (unpaired) electrons. The van der Waals surface area contributed by atoms with E-state index in [-0.39, 0.29) is 6.10 Å². The third-order valence-corrected chi connectivity index (χ3v) is 3.98. The molecule has 2 aliphatic carbocycles. The van der Waals surface area contributed by atoms with E-state index in [0.29, 0.717) is 0 Å². The van der Waals surface area contributed by atoms with Crippen LogP contribution in [0.2, 0.25) is 0 Å². The molecule has 2 aliphatic rings. The summed E-state index contributed by atoms with van der Waals surface area (Å²) < 4.78 is 0. The molecule has 0 aliphatic heterocycles. The van der Waals surface area contributed by atoms with Crippen LogP contribution in [0.15, 0.2) is 35.9 Å². The number of benzene rings is 1. The van der Waals surface area contributed by atoms with E-state index in [9.17, 15) is 5.11 Å². The average molecular weight is 228 g/mol. The first-order chi connectivity index (χ1) is 8.34. The zero-order chi connectivity index (χ0) is 11.7. The number of hydrogen-bond donors (Lipinski definition) is 1. The van der Waals surface area contributed by atoms with Crippen LogP contribution in [0.5, 0.6) is 0 Å². The van der Waals surface area contributed by atoms with Crippen LogP contribution >= 0.6 is 0 Å². The second-order valence-electron chi connectivity index (χ2n) is 5.37. The minimum absolute atomic E-state index is 0.372. The second-order valence-corrected chi connectivity index (χ2v) is 5.37. The number of hydrogen-bond acceptors (Lipinski definition) is 1. The van der Waals surface area contributed by atoms with Gasteiger partial charge in [-0.25, -0.2) is 0 Å². The zero-order valence-corrected chi connectivity index (χ0v) is 10.2. The molecule has 17 heavy (non-hydrogen) atoms. The van der Waals surface area contributed by atoms with Crippen molar-refractivity contribution in [2.45, 2.75) is 50.5 Å². The van der Waals surface area contributed by atoms with Crippen molar-refractivity contribution in [3.63, 3.8) is 0 Å². The van der Waals surface area contributed by atoms with E-state index in [1.165, 1.54) is 36.8 Å². The first-order valence-electron chi connectivity index (χ1n) is 6.81. The van der Waals surface area contributed by atoms with Crippen LogP contribution in [-0.4, -0.2) is 5.11 Å². The summed E-state index contributed by atoms with van der Waals surface area (Å²) in [6, 6.07) is 8.60. The summed E-state index contributed by atoms with van der Waals surface area (Å²) >= 11 is 0. The fraction of sp³-hybridized carbons (Fsp3) is 0.500. The van der Waals surface area contributed by atoms with Gasteiger partial charge in [-0.15, -0.1) is 0 Å². The lowest BCUT2D eigenvalue weighted by atomic mass is 9.91. The van der Waals surface area contributed by atoms with Gasteiger partial charge in [0.25, 0.3) is 0 Å². The van der Waals surface area contributed by atoms with Crippen LogP contribution in [0.3, 0.4) is 0 Å². The van der Waals surface area contributed by atoms with Crippen LogP contribution in [0.25, 0.3) is 0 Å². The first-order valence-corrected chi connectivity index (χ1v) is 6.81. The Hall–Kier alpha value is -1.08. The topological polar surface area (TPSA) is 20.2 Å². The molecule has 1 saturated carbocycles. The molecule has 1 fully saturated rings. The molecule has 1 N–H and O–H groups in total. The Morgan fingerprint density at radius 1 is 1.06 bits per heavy atom. The summed E-state index contributed by atoms with van der Waals surface area (Å²) in [5.74, 6) is 0.801. The standard InChI is InChI=1S/C16H20O/c17-16(14-4-2-1-3-5-14)15-10-8-13(9-11-15)12-6-7-12/h4,8-12,16-17H,1-3,5-7H2. The SMILES string of the molecule is OC(C1=CCCCC1)c1ccc(C2CC2)cc1. The lowest BCUT2D eigenvalue weighted by Crippen LogP contribution is -2.04. The van der Waals surface area contributed by atoms with Gasteiger partial charge < -0.3 is 5.11 Å². The molecular weight excluding hydrogens is 208 g/mol. The molecule has 1 nitrogen and oxygen atoms in total. The van der Waals surface area contributed by atoms with E-state index in [1.807, 2.05) is 0 Å². The molecule has 0 spiro atoms. The maximum atomic E-state index is 10.3. The largest absolute Gasteiger partial charge is 0.384 e. The highest BCUT2D eigenvalue weighted by molar-refractivity contribution is 5.32. The number of allylic oxidation sites excluding steroid dienone is 1. The summed E-state index contributed by atoms with van der Waals surface area (Å²) in [4.78, 5) is 0. The van der Waals surface area contributed by atoms with Crippen LogP contribution < -0.4 is 0 Å². The molecule has 0 aromatic heterocycles. The highest BCUT2D eigenvalue weighted by Gasteiger charge is 2.23. The second kappa shape index (κ2) is 4.66. The monoisotopic (exact) mass is 228 g/mol. The zero-order valence-electron chi connectivity index (χ0n) is 10.2. The fourth-order valence-electron chi connectivity index (χ4n) is 2.69. The smallest absolute Gasteiger partial charge is 0.100 e. The Kier molecular flexibility index (Phi) is 3.02. The lowest BCUT2D eigenvalue weighted by Gasteiger charge is -2.19. The van der Waals surface area contributed by atoms with Crippen LogP contribution in [0.4, 0.5) is 0 Å². The van der Waals surface area contributed by atoms with Gasteiger partial charge >= 0.3 is 0 Å². The van der Waals surface area contributed by atoms with Crippen molar-refractivity contribution >= 4 is 0 Å². The Morgan fingerprint density at radius 3 is 2.41 bits per heavy atom. The summed E-state index contributed by atoms with van der Waals surface area (Å²) in [6.45, 7) is 0. The van der Waals surface area contributed by atoms with Crippen molar-refractivity contribution in [2.75, 3.05) is 0 Å². The quantitative estimate of drug-likeness (QED) is 0.772. The third-order valence-electron chi connectivity index (χ3n) is 3.98. The Balaban J connectivity index is 1.75. The fourth-order valence-corrected chi connectivity index (χ4v) is 2.69. The van der Waals surface area contributed by atoms with Crippen molar-refractivity contribution in [3.8, 4) is 0 Å². The van der Waals surface area contributed by atoms with Crippen molar-refractivity contribution in [1.29, 1.82) is 0 Å². The molecule has 1 aromatic rings. The summed E-state index contributed by atoms with van der Waals surface area (Å²) in [5, 5.41) is 10.3. The molecular formula is C16H20O. The van der Waals surface area contributed by atoms with E-state index in [2.05, 4.69) is 30.3 Å². The number of aliphatic hydroxyl groups excluding tert-OH is 1. The predicted molar refractivity (Wildman–Crippen MR) is 69.9 cm³/mol. The van der Waals surface area contributed by atoms with Gasteiger partial charge in [-0.1, -0.05) is 30.3 Å². The van der Waals surface area contributed by atoms with E-state index in [1.54, 1.807) is 0 Å². The molecule has 0 amide bonds. The van der Waals surface area contributed by atoms with Crippen LogP contribution in [0, 0.1) is 0 Å². The molecule has 0 bridgehead atoms. The molecule has 1 aromatic carbocycles. The maximum Gasteiger partial charge on any atom is 0.100 e. The van der Waals surface area contributed by atoms with Crippen molar-refractivity contribution in [2.24, 2.45) is 0 Å². The molecule has 3 rings (SSSR count). The molecule has 1 unspecified atom stereocenters. The minimum atomic E-state index is -0.372. The normalized spacial score (nSPS) is 22.1. The van der Waals surface area contributed by atoms with Gasteiger partial charge in [-0.05, 0) is 61.1 Å². The van der Waals surface area contributed by atoms with E-state index in [0.717, 1.165) is 24.3 Å². The molecule has 0 heterocycles. The van der Waals surface area contributed by atoms with Gasteiger partial charge in [-0.2, -0.15) is 0 Å². The summed E-state index contributed by atoms with van der Waals surface area (Å²) in [5.41, 5.74) is 3.72. The van der Waals surface area contributed by atoms with E-state index < -0.39 is 0 Å². The maximum absolute atomic E-state index is 10.3. The summed E-state index contributed by atoms with van der Waals surface area (Å²) in [7, 11) is 0. The third kappa shape index (κ3) is 2.44. The molecule has 1 heteroatoms. The van der Waals surface area contributed by atoms with E-state index >= 15 is 0 Å². The highest BCUT2D eigenvalue weighted by atomic mass is 16.3.